The highest BCUT2D eigenvalue weighted by Gasteiger charge is 2.72. The molecular formula is C53H90O23. The topological polar surface area (TPSA) is 377 Å². The van der Waals surface area contributed by atoms with Crippen molar-refractivity contribution in [1.29, 1.82) is 0 Å². The first-order valence-electron chi connectivity index (χ1n) is 27.4. The highest BCUT2D eigenvalue weighted by Crippen LogP contribution is 2.76. The van der Waals surface area contributed by atoms with E-state index >= 15 is 0 Å². The molecule has 29 atom stereocenters. The molecule has 23 nitrogen and oxygen atoms in total. The van der Waals surface area contributed by atoms with Crippen molar-refractivity contribution in [2.75, 3.05) is 26.4 Å². The second-order valence-corrected chi connectivity index (χ2v) is 25.7. The molecule has 15 N–H and O–H groups in total. The number of hydrogen-bond acceptors (Lipinski definition) is 23. The van der Waals surface area contributed by atoms with E-state index in [0.29, 0.717) is 32.1 Å². The predicted octanol–water partition coefficient (Wildman–Crippen LogP) is -2.59. The van der Waals surface area contributed by atoms with Gasteiger partial charge in [-0.1, -0.05) is 46.8 Å². The number of hydrogen-bond donors (Lipinski definition) is 15. The van der Waals surface area contributed by atoms with Crippen molar-refractivity contribution in [2.45, 2.75) is 247 Å². The van der Waals surface area contributed by atoms with Gasteiger partial charge in [-0.3, -0.25) is 0 Å². The lowest BCUT2D eigenvalue weighted by Crippen LogP contribution is -2.68. The molecule has 23 heteroatoms. The summed E-state index contributed by atoms with van der Waals surface area (Å²) in [6, 6.07) is 0. The Kier molecular flexibility index (Phi) is 18.1. The predicted molar refractivity (Wildman–Crippen MR) is 262 cm³/mol. The van der Waals surface area contributed by atoms with Crippen LogP contribution >= 0.6 is 0 Å². The molecule has 8 aliphatic rings. The van der Waals surface area contributed by atoms with Gasteiger partial charge in [0.15, 0.2) is 25.2 Å². The highest BCUT2D eigenvalue weighted by atomic mass is 16.8. The monoisotopic (exact) mass is 1090 g/mol. The third-order valence-electron chi connectivity index (χ3n) is 20.4. The first-order valence-corrected chi connectivity index (χ1v) is 27.4. The van der Waals surface area contributed by atoms with Gasteiger partial charge in [0.1, 0.15) is 91.6 Å². The Morgan fingerprint density at radius 2 is 1.05 bits per heavy atom. The van der Waals surface area contributed by atoms with Gasteiger partial charge in [-0.15, -0.1) is 0 Å². The van der Waals surface area contributed by atoms with Gasteiger partial charge in [-0.2, -0.15) is 0 Å². The molecule has 29 unspecified atom stereocenters. The van der Waals surface area contributed by atoms with E-state index in [4.69, 9.17) is 37.9 Å². The van der Waals surface area contributed by atoms with Crippen LogP contribution < -0.4 is 0 Å². The average molecular weight is 1100 g/mol. The zero-order valence-electron chi connectivity index (χ0n) is 45.0. The van der Waals surface area contributed by atoms with Crippen molar-refractivity contribution in [1.82, 2.24) is 0 Å². The van der Waals surface area contributed by atoms with Crippen LogP contribution in [0.15, 0.2) is 12.2 Å². The number of aliphatic hydroxyl groups excluding tert-OH is 14. The molecule has 4 aliphatic carbocycles. The Balaban J connectivity index is 1.02. The molecule has 0 aromatic rings. The molecule has 0 radical (unpaired) electrons. The molecule has 4 aliphatic heterocycles. The maximum atomic E-state index is 12.8. The summed E-state index contributed by atoms with van der Waals surface area (Å²) >= 11 is 0. The minimum absolute atomic E-state index is 0.0113. The maximum absolute atomic E-state index is 12.8. The van der Waals surface area contributed by atoms with Crippen LogP contribution in [0.1, 0.15) is 107 Å². The molecule has 4 saturated carbocycles. The van der Waals surface area contributed by atoms with Gasteiger partial charge < -0.3 is 114 Å². The Morgan fingerprint density at radius 3 is 1.66 bits per heavy atom. The molecule has 8 fully saturated rings. The molecule has 0 aromatic carbocycles. The summed E-state index contributed by atoms with van der Waals surface area (Å²) in [5.41, 5.74) is -4.12. The van der Waals surface area contributed by atoms with E-state index in [1.54, 1.807) is 26.0 Å². The number of fused-ring (bicyclic) bond motifs is 5. The summed E-state index contributed by atoms with van der Waals surface area (Å²) in [4.78, 5) is 0. The summed E-state index contributed by atoms with van der Waals surface area (Å²) in [5, 5.41) is 162. The molecule has 4 heterocycles. The van der Waals surface area contributed by atoms with Crippen LogP contribution in [-0.2, 0) is 37.9 Å². The van der Waals surface area contributed by atoms with Crippen LogP contribution in [0, 0.1) is 45.3 Å². The summed E-state index contributed by atoms with van der Waals surface area (Å²) < 4.78 is 48.7. The van der Waals surface area contributed by atoms with Gasteiger partial charge in [0.05, 0.1) is 49.8 Å². The zero-order valence-corrected chi connectivity index (χ0v) is 45.0. The maximum Gasteiger partial charge on any atom is 0.187 e. The third kappa shape index (κ3) is 10.6. The molecule has 0 spiro atoms. The van der Waals surface area contributed by atoms with Gasteiger partial charge in [0.2, 0.25) is 0 Å². The normalized spacial score (nSPS) is 52.5. The van der Waals surface area contributed by atoms with E-state index in [1.807, 2.05) is 6.92 Å². The Morgan fingerprint density at radius 1 is 0.539 bits per heavy atom. The van der Waals surface area contributed by atoms with Gasteiger partial charge >= 0.3 is 0 Å². The van der Waals surface area contributed by atoms with Crippen molar-refractivity contribution < 1.29 is 114 Å². The number of ether oxygens (including phenoxy) is 8. The average Bonchev–Trinajstić information content (AvgIpc) is 3.88. The van der Waals surface area contributed by atoms with Gasteiger partial charge in [-0.25, -0.2) is 0 Å². The van der Waals surface area contributed by atoms with E-state index in [1.165, 1.54) is 0 Å². The second kappa shape index (κ2) is 22.5. The molecule has 440 valence electrons. The molecule has 0 aromatic heterocycles. The lowest BCUT2D eigenvalue weighted by atomic mass is 9.35. The second-order valence-electron chi connectivity index (χ2n) is 25.7. The molecular weight excluding hydrogens is 1000 g/mol. The minimum Gasteiger partial charge on any atom is -0.394 e. The van der Waals surface area contributed by atoms with Crippen LogP contribution in [-0.4, -0.2) is 243 Å². The van der Waals surface area contributed by atoms with Crippen molar-refractivity contribution >= 4 is 0 Å². The molecule has 0 bridgehead atoms. The summed E-state index contributed by atoms with van der Waals surface area (Å²) in [6.45, 7) is 13.8. The fraction of sp³-hybridized carbons (Fsp3) is 0.962. The summed E-state index contributed by atoms with van der Waals surface area (Å²) in [5.74, 6) is -0.665. The Bertz CT molecular complexity index is 1980. The largest absolute Gasteiger partial charge is 0.394 e. The van der Waals surface area contributed by atoms with Gasteiger partial charge in [0, 0.05) is 0 Å². The standard InChI is InChI=1S/C53H90O23/c1-48(2,68)13-9-14-53(8,76-46-42(67)38(63)36(61)28(73-46)22-69-44-40(65)35(60)27(21-56)70-44)23-10-16-52(7)32(23)24(57)18-30-50(5)15-12-31(49(3,4)29(50)11-17-51(30,52)6)74-47-43(39(64)34(59)26(20-55)72-47)75-45-41(66)37(62)33(58)25(19-54)71-45/h9,13,23-47,54-68H,10-12,14-22H2,1-8H3. The van der Waals surface area contributed by atoms with Crippen molar-refractivity contribution in [2.24, 2.45) is 45.3 Å². The van der Waals surface area contributed by atoms with Crippen LogP contribution in [0.4, 0.5) is 0 Å². The molecule has 76 heavy (non-hydrogen) atoms. The molecule has 4 saturated heterocycles. The number of rotatable bonds is 16. The van der Waals surface area contributed by atoms with Crippen molar-refractivity contribution in [3.63, 3.8) is 0 Å². The van der Waals surface area contributed by atoms with E-state index in [9.17, 15) is 76.6 Å². The van der Waals surface area contributed by atoms with Crippen LogP contribution in [0.25, 0.3) is 0 Å². The Labute approximate surface area is 444 Å². The van der Waals surface area contributed by atoms with Crippen molar-refractivity contribution in [3.8, 4) is 0 Å². The van der Waals surface area contributed by atoms with E-state index in [-0.39, 0.29) is 40.9 Å². The van der Waals surface area contributed by atoms with Crippen LogP contribution in [0.5, 0.6) is 0 Å². The van der Waals surface area contributed by atoms with Gasteiger partial charge in [-0.05, 0) is 117 Å². The van der Waals surface area contributed by atoms with Gasteiger partial charge in [0.25, 0.3) is 0 Å². The van der Waals surface area contributed by atoms with Crippen LogP contribution in [0.3, 0.4) is 0 Å². The SMILES string of the molecule is CC(C)(O)C=CCC(C)(OC1OC(COC2OC(CO)C(O)C2O)C(O)C(O)C1O)C1CCC2(C)C1C(O)CC1C3(C)CCC(OC4OC(CO)C(O)C(O)C4OC4OC(CO)C(O)C(O)C4O)C(C)(C)C3CCC12C. The number of aliphatic hydroxyl groups is 15. The summed E-state index contributed by atoms with van der Waals surface area (Å²) in [7, 11) is 0. The van der Waals surface area contributed by atoms with E-state index in [0.717, 1.165) is 12.8 Å². The lowest BCUT2D eigenvalue weighted by molar-refractivity contribution is -0.378. The van der Waals surface area contributed by atoms with Crippen molar-refractivity contribution in [3.05, 3.63) is 12.2 Å². The highest BCUT2D eigenvalue weighted by molar-refractivity contribution is 5.21. The minimum atomic E-state index is -1.82. The van der Waals surface area contributed by atoms with E-state index < -0.39 is 177 Å². The lowest BCUT2D eigenvalue weighted by Gasteiger charge is -2.71. The van der Waals surface area contributed by atoms with E-state index in [2.05, 4.69) is 34.6 Å². The Hall–Kier alpha value is -1.18. The zero-order chi connectivity index (χ0) is 56.0. The summed E-state index contributed by atoms with van der Waals surface area (Å²) in [6.07, 6.45) is -22.6. The fourth-order valence-corrected chi connectivity index (χ4v) is 15.9. The first kappa shape index (κ1) is 60.9. The molecule has 0 amide bonds. The quantitative estimate of drug-likeness (QED) is 0.0557. The molecule has 8 rings (SSSR count). The van der Waals surface area contributed by atoms with Crippen LogP contribution in [0.2, 0.25) is 0 Å². The first-order chi connectivity index (χ1) is 35.4. The third-order valence-corrected chi connectivity index (χ3v) is 20.4. The fourth-order valence-electron chi connectivity index (χ4n) is 15.9. The smallest absolute Gasteiger partial charge is 0.187 e.